The highest BCUT2D eigenvalue weighted by atomic mass is 127. The number of aromatic nitrogens is 2. The highest BCUT2D eigenvalue weighted by molar-refractivity contribution is 14.0. The molecule has 0 atom stereocenters. The number of piperazine rings is 1. The minimum Gasteiger partial charge on any atom is -0.496 e. The van der Waals surface area contributed by atoms with Gasteiger partial charge in [-0.3, -0.25) is 14.5 Å². The summed E-state index contributed by atoms with van der Waals surface area (Å²) in [5.74, 6) is 1.67. The smallest absolute Gasteiger partial charge is 0.246 e. The van der Waals surface area contributed by atoms with Gasteiger partial charge in [0.1, 0.15) is 12.3 Å². The number of carbonyl (C=O) groups is 1. The van der Waals surface area contributed by atoms with Gasteiger partial charge < -0.3 is 19.9 Å². The van der Waals surface area contributed by atoms with Gasteiger partial charge in [0, 0.05) is 39.9 Å². The number of guanidine groups is 1. The summed E-state index contributed by atoms with van der Waals surface area (Å²) in [6.45, 7) is 2.33. The van der Waals surface area contributed by atoms with Gasteiger partial charge in [-0.2, -0.15) is 5.10 Å². The van der Waals surface area contributed by atoms with E-state index < -0.39 is 0 Å². The lowest BCUT2D eigenvalue weighted by Crippen LogP contribution is -2.55. The maximum atomic E-state index is 12.6. The van der Waals surface area contributed by atoms with Gasteiger partial charge in [-0.25, -0.2) is 0 Å². The first-order valence-corrected chi connectivity index (χ1v) is 8.99. The lowest BCUT2D eigenvalue weighted by Gasteiger charge is -2.35. The second-order valence-electron chi connectivity index (χ2n) is 6.37. The zero-order valence-corrected chi connectivity index (χ0v) is 18.8. The number of nitrogens with one attached hydrogen (secondary N) is 1. The van der Waals surface area contributed by atoms with Crippen LogP contribution in [-0.4, -0.2) is 66.9 Å². The minimum atomic E-state index is 0. The van der Waals surface area contributed by atoms with Gasteiger partial charge in [0.15, 0.2) is 5.96 Å². The molecule has 1 aromatic heterocycles. The summed E-state index contributed by atoms with van der Waals surface area (Å²) in [4.78, 5) is 20.6. The fraction of sp³-hybridized carbons (Fsp3) is 0.421. The molecule has 1 aliphatic rings. The third-order valence-electron chi connectivity index (χ3n) is 4.60. The zero-order chi connectivity index (χ0) is 19.2. The van der Waals surface area contributed by atoms with Gasteiger partial charge in [0.25, 0.3) is 0 Å². The molecule has 1 aliphatic heterocycles. The van der Waals surface area contributed by atoms with Crippen LogP contribution in [-0.2, 0) is 18.3 Å². The van der Waals surface area contributed by atoms with E-state index in [1.807, 2.05) is 36.3 Å². The molecule has 152 valence electrons. The molecule has 1 amide bonds. The monoisotopic (exact) mass is 498 g/mol. The van der Waals surface area contributed by atoms with E-state index in [4.69, 9.17) is 4.74 Å². The van der Waals surface area contributed by atoms with E-state index in [1.165, 1.54) is 0 Å². The molecule has 0 spiro atoms. The van der Waals surface area contributed by atoms with Crippen LogP contribution in [0.5, 0.6) is 5.75 Å². The average molecular weight is 498 g/mol. The van der Waals surface area contributed by atoms with Crippen LogP contribution in [0.25, 0.3) is 0 Å². The molecule has 9 heteroatoms. The molecule has 1 fully saturated rings. The molecule has 1 aromatic carbocycles. The Labute approximate surface area is 182 Å². The van der Waals surface area contributed by atoms with E-state index >= 15 is 0 Å². The van der Waals surface area contributed by atoms with Crippen molar-refractivity contribution in [3.05, 3.63) is 42.2 Å². The van der Waals surface area contributed by atoms with Gasteiger partial charge in [0.05, 0.1) is 19.0 Å². The summed E-state index contributed by atoms with van der Waals surface area (Å²) in [5, 5.41) is 7.49. The predicted molar refractivity (Wildman–Crippen MR) is 121 cm³/mol. The third kappa shape index (κ3) is 5.15. The van der Waals surface area contributed by atoms with Gasteiger partial charge in [-0.05, 0) is 18.1 Å². The Morgan fingerprint density at radius 3 is 2.75 bits per heavy atom. The number of methoxy groups -OCH3 is 1. The van der Waals surface area contributed by atoms with Crippen molar-refractivity contribution in [3.8, 4) is 5.75 Å². The predicted octanol–water partition coefficient (Wildman–Crippen LogP) is 1.51. The number of halogens is 1. The number of hydrogen-bond acceptors (Lipinski definition) is 4. The quantitative estimate of drug-likeness (QED) is 0.385. The van der Waals surface area contributed by atoms with Crippen LogP contribution >= 0.6 is 24.0 Å². The van der Waals surface area contributed by atoms with Crippen LogP contribution in [0, 0.1) is 0 Å². The molecule has 1 N–H and O–H groups in total. The van der Waals surface area contributed by atoms with Crippen molar-refractivity contribution in [2.75, 3.05) is 45.2 Å². The SMILES string of the molecule is CN=C(NCCc1ccccc1OC)N1CCN(c2cnn(C)c2)C(=O)C1.I. The molecule has 2 heterocycles. The number of amides is 1. The van der Waals surface area contributed by atoms with Crippen LogP contribution in [0.15, 0.2) is 41.7 Å². The highest BCUT2D eigenvalue weighted by Gasteiger charge is 2.27. The van der Waals surface area contributed by atoms with E-state index in [9.17, 15) is 4.79 Å². The van der Waals surface area contributed by atoms with Crippen molar-refractivity contribution in [2.45, 2.75) is 6.42 Å². The summed E-state index contributed by atoms with van der Waals surface area (Å²) < 4.78 is 7.09. The van der Waals surface area contributed by atoms with Crippen LogP contribution in [0.4, 0.5) is 5.69 Å². The van der Waals surface area contributed by atoms with Gasteiger partial charge in [-0.1, -0.05) is 18.2 Å². The minimum absolute atomic E-state index is 0. The molecule has 1 saturated heterocycles. The fourth-order valence-electron chi connectivity index (χ4n) is 3.23. The van der Waals surface area contributed by atoms with E-state index in [0.717, 1.165) is 35.9 Å². The molecule has 2 aromatic rings. The van der Waals surface area contributed by atoms with Crippen molar-refractivity contribution in [1.82, 2.24) is 20.0 Å². The van der Waals surface area contributed by atoms with E-state index in [1.54, 1.807) is 29.9 Å². The van der Waals surface area contributed by atoms with Crippen LogP contribution in [0.1, 0.15) is 5.56 Å². The number of carbonyl (C=O) groups excluding carboxylic acids is 1. The molecule has 0 bridgehead atoms. The first kappa shape index (κ1) is 22.0. The topological polar surface area (TPSA) is 75.0 Å². The number of benzene rings is 1. The number of anilines is 1. The standard InChI is InChI=1S/C19H26N6O2.HI/c1-20-19(21-9-8-15-6-4-5-7-17(15)27-3)24-10-11-25(18(26)14-24)16-12-22-23(2)13-16;/h4-7,12-13H,8-11,14H2,1-3H3,(H,20,21);1H. The van der Waals surface area contributed by atoms with Crippen molar-refractivity contribution in [3.63, 3.8) is 0 Å². The number of aryl methyl sites for hydroxylation is 1. The van der Waals surface area contributed by atoms with E-state index in [-0.39, 0.29) is 29.9 Å². The van der Waals surface area contributed by atoms with E-state index in [2.05, 4.69) is 21.5 Å². The van der Waals surface area contributed by atoms with E-state index in [0.29, 0.717) is 19.6 Å². The Morgan fingerprint density at radius 1 is 1.32 bits per heavy atom. The van der Waals surface area contributed by atoms with Crippen molar-refractivity contribution in [2.24, 2.45) is 12.0 Å². The molecular formula is C19H27IN6O2. The van der Waals surface area contributed by atoms with Crippen LogP contribution in [0.2, 0.25) is 0 Å². The number of rotatable bonds is 5. The fourth-order valence-corrected chi connectivity index (χ4v) is 3.23. The van der Waals surface area contributed by atoms with Crippen molar-refractivity contribution >= 4 is 41.5 Å². The summed E-state index contributed by atoms with van der Waals surface area (Å²) >= 11 is 0. The lowest BCUT2D eigenvalue weighted by atomic mass is 10.1. The normalized spacial score (nSPS) is 14.7. The highest BCUT2D eigenvalue weighted by Crippen LogP contribution is 2.18. The zero-order valence-electron chi connectivity index (χ0n) is 16.5. The average Bonchev–Trinajstić information content (AvgIpc) is 3.11. The number of hydrogen-bond donors (Lipinski definition) is 1. The largest absolute Gasteiger partial charge is 0.496 e. The van der Waals surface area contributed by atoms with Crippen molar-refractivity contribution in [1.29, 1.82) is 0 Å². The van der Waals surface area contributed by atoms with Crippen molar-refractivity contribution < 1.29 is 9.53 Å². The molecule has 28 heavy (non-hydrogen) atoms. The Hall–Kier alpha value is -2.30. The second-order valence-corrected chi connectivity index (χ2v) is 6.37. The van der Waals surface area contributed by atoms with Crippen LogP contribution in [0.3, 0.4) is 0 Å². The first-order chi connectivity index (χ1) is 13.1. The number of ether oxygens (including phenoxy) is 1. The molecule has 0 radical (unpaired) electrons. The summed E-state index contributed by atoms with van der Waals surface area (Å²) in [7, 11) is 5.26. The number of nitrogens with zero attached hydrogens (tertiary/aromatic N) is 5. The molecular weight excluding hydrogens is 471 g/mol. The summed E-state index contributed by atoms with van der Waals surface area (Å²) in [6, 6.07) is 7.98. The summed E-state index contributed by atoms with van der Waals surface area (Å²) in [5.41, 5.74) is 1.97. The first-order valence-electron chi connectivity index (χ1n) is 8.99. The molecule has 3 rings (SSSR count). The van der Waals surface area contributed by atoms with Gasteiger partial charge in [0.2, 0.25) is 5.91 Å². The second kappa shape index (κ2) is 10.3. The Bertz CT molecular complexity index is 822. The maximum absolute atomic E-state index is 12.6. The van der Waals surface area contributed by atoms with Gasteiger partial charge in [-0.15, -0.1) is 24.0 Å². The lowest BCUT2D eigenvalue weighted by molar-refractivity contribution is -0.120. The molecule has 8 nitrogen and oxygen atoms in total. The maximum Gasteiger partial charge on any atom is 0.246 e. The van der Waals surface area contributed by atoms with Crippen LogP contribution < -0.4 is 15.0 Å². The molecule has 0 unspecified atom stereocenters. The Balaban J connectivity index is 0.00000280. The van der Waals surface area contributed by atoms with Gasteiger partial charge >= 0.3 is 0 Å². The number of para-hydroxylation sites is 1. The Kier molecular flexibility index (Phi) is 8.09. The molecule has 0 aliphatic carbocycles. The molecule has 0 saturated carbocycles. The summed E-state index contributed by atoms with van der Waals surface area (Å²) in [6.07, 6.45) is 4.38. The Morgan fingerprint density at radius 2 is 2.11 bits per heavy atom. The number of aliphatic imine (C=N–C) groups is 1. The third-order valence-corrected chi connectivity index (χ3v) is 4.60.